The molecule has 2 aromatic carbocycles. The first-order valence-electron chi connectivity index (χ1n) is 8.93. The Morgan fingerprint density at radius 1 is 1.00 bits per heavy atom. The van der Waals surface area contributed by atoms with E-state index in [0.717, 1.165) is 22.6 Å². The van der Waals surface area contributed by atoms with Crippen LogP contribution in [0.4, 0.5) is 0 Å². The lowest BCUT2D eigenvalue weighted by Crippen LogP contribution is -2.26. The molecular weight excluding hydrogens is 358 g/mol. The zero-order chi connectivity index (χ0) is 19.9. The van der Waals surface area contributed by atoms with Crippen LogP contribution in [-0.2, 0) is 17.8 Å². The Labute approximate surface area is 163 Å². The third-order valence-corrected chi connectivity index (χ3v) is 4.40. The molecule has 1 amide bonds. The predicted molar refractivity (Wildman–Crippen MR) is 104 cm³/mol. The molecule has 0 fully saturated rings. The molecule has 0 aliphatic carbocycles. The van der Waals surface area contributed by atoms with Gasteiger partial charge in [-0.2, -0.15) is 4.98 Å². The summed E-state index contributed by atoms with van der Waals surface area (Å²) in [6, 6.07) is 15.1. The molecule has 0 atom stereocenters. The van der Waals surface area contributed by atoms with E-state index in [2.05, 4.69) is 10.1 Å². The third-order valence-electron chi connectivity index (χ3n) is 4.40. The van der Waals surface area contributed by atoms with Crippen LogP contribution in [0, 0.1) is 0 Å². The number of ether oxygens (including phenoxy) is 2. The maximum Gasteiger partial charge on any atom is 0.246 e. The van der Waals surface area contributed by atoms with Gasteiger partial charge in [0.05, 0.1) is 20.8 Å². The summed E-state index contributed by atoms with van der Waals surface area (Å²) in [6.07, 6.45) is 1.07. The molecule has 3 rings (SSSR count). The van der Waals surface area contributed by atoms with Gasteiger partial charge in [-0.15, -0.1) is 0 Å². The number of rotatable bonds is 8. The van der Waals surface area contributed by atoms with E-state index < -0.39 is 0 Å². The molecule has 0 N–H and O–H groups in total. The molecule has 0 saturated heterocycles. The Morgan fingerprint density at radius 3 is 2.21 bits per heavy atom. The van der Waals surface area contributed by atoms with E-state index >= 15 is 0 Å². The molecule has 0 aliphatic heterocycles. The maximum atomic E-state index is 12.4. The molecule has 0 unspecified atom stereocenters. The van der Waals surface area contributed by atoms with Crippen LogP contribution in [0.3, 0.4) is 0 Å². The zero-order valence-corrected chi connectivity index (χ0v) is 16.2. The molecule has 3 aromatic rings. The molecule has 0 bridgehead atoms. The minimum absolute atomic E-state index is 0.0139. The average Bonchev–Trinajstić information content (AvgIpc) is 3.20. The Bertz CT molecular complexity index is 904. The molecular formula is C21H23N3O4. The lowest BCUT2D eigenvalue weighted by molar-refractivity contribution is -0.130. The van der Waals surface area contributed by atoms with Crippen LogP contribution in [0.1, 0.15) is 17.9 Å². The number of carbonyl (C=O) groups excluding carboxylic acids is 1. The number of benzene rings is 2. The lowest BCUT2D eigenvalue weighted by atomic mass is 10.1. The van der Waals surface area contributed by atoms with E-state index in [9.17, 15) is 4.79 Å². The van der Waals surface area contributed by atoms with Gasteiger partial charge in [0.25, 0.3) is 0 Å². The number of nitrogens with zero attached hydrogens (tertiary/aromatic N) is 3. The van der Waals surface area contributed by atoms with E-state index in [-0.39, 0.29) is 12.5 Å². The summed E-state index contributed by atoms with van der Waals surface area (Å²) in [5.74, 6) is 2.45. The number of aromatic nitrogens is 2. The van der Waals surface area contributed by atoms with Crippen LogP contribution in [0.15, 0.2) is 53.1 Å². The second-order valence-electron chi connectivity index (χ2n) is 6.34. The van der Waals surface area contributed by atoms with E-state index in [1.165, 1.54) is 0 Å². The number of aryl methyl sites for hydroxylation is 1. The van der Waals surface area contributed by atoms with Gasteiger partial charge in [-0.05, 0) is 48.4 Å². The fourth-order valence-corrected chi connectivity index (χ4v) is 2.70. The molecule has 1 aromatic heterocycles. The number of hydrogen-bond donors (Lipinski definition) is 0. The SMILES string of the molecule is COc1ccc(CCC(=O)N(C)Cc2nc(-c3ccc(OC)cc3)no2)cc1. The molecule has 0 radical (unpaired) electrons. The van der Waals surface area contributed by atoms with Gasteiger partial charge in [-0.3, -0.25) is 4.79 Å². The van der Waals surface area contributed by atoms with E-state index in [4.69, 9.17) is 14.0 Å². The van der Waals surface area contributed by atoms with Crippen LogP contribution in [0.25, 0.3) is 11.4 Å². The van der Waals surface area contributed by atoms with Crippen molar-refractivity contribution in [3.05, 3.63) is 60.0 Å². The van der Waals surface area contributed by atoms with E-state index in [0.29, 0.717) is 24.6 Å². The van der Waals surface area contributed by atoms with Gasteiger partial charge in [0.1, 0.15) is 11.5 Å². The zero-order valence-electron chi connectivity index (χ0n) is 16.2. The van der Waals surface area contributed by atoms with Gasteiger partial charge in [0, 0.05) is 19.0 Å². The van der Waals surface area contributed by atoms with Crippen LogP contribution in [0.2, 0.25) is 0 Å². The van der Waals surface area contributed by atoms with Crippen LogP contribution in [0.5, 0.6) is 11.5 Å². The quantitative estimate of drug-likeness (QED) is 0.595. The Hall–Kier alpha value is -3.35. The van der Waals surface area contributed by atoms with Crippen molar-refractivity contribution in [2.24, 2.45) is 0 Å². The van der Waals surface area contributed by atoms with Gasteiger partial charge < -0.3 is 18.9 Å². The molecule has 1 heterocycles. The van der Waals surface area contributed by atoms with Crippen molar-refractivity contribution in [2.45, 2.75) is 19.4 Å². The summed E-state index contributed by atoms with van der Waals surface area (Å²) in [4.78, 5) is 18.4. The predicted octanol–water partition coefficient (Wildman–Crippen LogP) is 3.35. The number of amides is 1. The highest BCUT2D eigenvalue weighted by Crippen LogP contribution is 2.20. The molecule has 0 saturated carbocycles. The summed E-state index contributed by atoms with van der Waals surface area (Å²) in [5.41, 5.74) is 1.91. The minimum atomic E-state index is 0.0139. The van der Waals surface area contributed by atoms with Gasteiger partial charge in [-0.1, -0.05) is 17.3 Å². The van der Waals surface area contributed by atoms with E-state index in [1.54, 1.807) is 26.2 Å². The highest BCUT2D eigenvalue weighted by atomic mass is 16.5. The van der Waals surface area contributed by atoms with Crippen LogP contribution in [-0.4, -0.2) is 42.2 Å². The van der Waals surface area contributed by atoms with Gasteiger partial charge in [0.2, 0.25) is 17.6 Å². The Balaban J connectivity index is 1.54. The Morgan fingerprint density at radius 2 is 1.61 bits per heavy atom. The third kappa shape index (κ3) is 4.88. The van der Waals surface area contributed by atoms with Crippen molar-refractivity contribution in [3.63, 3.8) is 0 Å². The molecule has 0 spiro atoms. The monoisotopic (exact) mass is 381 g/mol. The van der Waals surface area contributed by atoms with Crippen LogP contribution >= 0.6 is 0 Å². The Kier molecular flexibility index (Phi) is 6.26. The van der Waals surface area contributed by atoms with Crippen molar-refractivity contribution in [1.29, 1.82) is 0 Å². The average molecular weight is 381 g/mol. The highest BCUT2D eigenvalue weighted by Gasteiger charge is 2.15. The molecule has 28 heavy (non-hydrogen) atoms. The fraction of sp³-hybridized carbons (Fsp3) is 0.286. The normalized spacial score (nSPS) is 10.5. The number of hydrogen-bond acceptors (Lipinski definition) is 6. The van der Waals surface area contributed by atoms with Crippen molar-refractivity contribution in [2.75, 3.05) is 21.3 Å². The van der Waals surface area contributed by atoms with Crippen molar-refractivity contribution < 1.29 is 18.8 Å². The molecule has 7 nitrogen and oxygen atoms in total. The maximum absolute atomic E-state index is 12.4. The summed E-state index contributed by atoms with van der Waals surface area (Å²) in [7, 11) is 4.97. The van der Waals surface area contributed by atoms with Gasteiger partial charge in [-0.25, -0.2) is 0 Å². The van der Waals surface area contributed by atoms with Crippen molar-refractivity contribution in [1.82, 2.24) is 15.0 Å². The minimum Gasteiger partial charge on any atom is -0.497 e. The summed E-state index contributed by atoms with van der Waals surface area (Å²) >= 11 is 0. The standard InChI is InChI=1S/C21H23N3O4/c1-24(20(25)13-6-15-4-9-17(26-2)10-5-15)14-19-22-21(23-28-19)16-7-11-18(27-3)12-8-16/h4-5,7-12H,6,13-14H2,1-3H3. The van der Waals surface area contributed by atoms with Crippen molar-refractivity contribution in [3.8, 4) is 22.9 Å². The fourth-order valence-electron chi connectivity index (χ4n) is 2.70. The first kappa shape index (κ1) is 19.4. The number of carbonyl (C=O) groups is 1. The second-order valence-corrected chi connectivity index (χ2v) is 6.34. The molecule has 146 valence electrons. The topological polar surface area (TPSA) is 77.7 Å². The van der Waals surface area contributed by atoms with Crippen molar-refractivity contribution >= 4 is 5.91 Å². The first-order valence-corrected chi connectivity index (χ1v) is 8.93. The molecule has 0 aliphatic rings. The van der Waals surface area contributed by atoms with Gasteiger partial charge >= 0.3 is 0 Å². The number of methoxy groups -OCH3 is 2. The highest BCUT2D eigenvalue weighted by molar-refractivity contribution is 5.76. The second kappa shape index (κ2) is 9.03. The van der Waals surface area contributed by atoms with Crippen LogP contribution < -0.4 is 9.47 Å². The largest absolute Gasteiger partial charge is 0.497 e. The summed E-state index contributed by atoms with van der Waals surface area (Å²) < 4.78 is 15.6. The lowest BCUT2D eigenvalue weighted by Gasteiger charge is -2.14. The first-order chi connectivity index (χ1) is 13.6. The van der Waals surface area contributed by atoms with Gasteiger partial charge in [0.15, 0.2) is 0 Å². The summed E-state index contributed by atoms with van der Waals surface area (Å²) in [5, 5.41) is 3.99. The summed E-state index contributed by atoms with van der Waals surface area (Å²) in [6.45, 7) is 0.268. The van der Waals surface area contributed by atoms with E-state index in [1.807, 2.05) is 48.5 Å². The molecule has 7 heteroatoms. The smallest absolute Gasteiger partial charge is 0.246 e.